The van der Waals surface area contributed by atoms with Gasteiger partial charge >= 0.3 is 0 Å². The van der Waals surface area contributed by atoms with Gasteiger partial charge in [-0.3, -0.25) is 4.72 Å². The highest BCUT2D eigenvalue weighted by molar-refractivity contribution is 7.92. The summed E-state index contributed by atoms with van der Waals surface area (Å²) in [5.41, 5.74) is 1.59. The molecular formula is C14H22N2O2S. The second kappa shape index (κ2) is 5.82. The van der Waals surface area contributed by atoms with Crippen molar-refractivity contribution >= 4 is 21.4 Å². The Bertz CT molecular complexity index is 528. The van der Waals surface area contributed by atoms with Crippen LogP contribution in [0.5, 0.6) is 0 Å². The lowest BCUT2D eigenvalue weighted by Crippen LogP contribution is -2.26. The van der Waals surface area contributed by atoms with E-state index >= 15 is 0 Å². The van der Waals surface area contributed by atoms with Crippen LogP contribution in [0.25, 0.3) is 0 Å². The summed E-state index contributed by atoms with van der Waals surface area (Å²) in [6, 6.07) is 7.95. The van der Waals surface area contributed by atoms with Crippen LogP contribution in [0, 0.1) is 5.92 Å². The Morgan fingerprint density at radius 3 is 2.63 bits per heavy atom. The molecular weight excluding hydrogens is 260 g/mol. The molecule has 2 rings (SSSR count). The van der Waals surface area contributed by atoms with E-state index in [-0.39, 0.29) is 0 Å². The van der Waals surface area contributed by atoms with Crippen molar-refractivity contribution in [1.82, 2.24) is 0 Å². The highest BCUT2D eigenvalue weighted by Crippen LogP contribution is 2.27. The first-order chi connectivity index (χ1) is 8.92. The van der Waals surface area contributed by atoms with Crippen molar-refractivity contribution in [3.63, 3.8) is 0 Å². The van der Waals surface area contributed by atoms with Gasteiger partial charge in [-0.1, -0.05) is 25.8 Å². The topological polar surface area (TPSA) is 58.2 Å². The van der Waals surface area contributed by atoms with E-state index in [9.17, 15) is 8.42 Å². The smallest absolute Gasteiger partial charge is 0.229 e. The summed E-state index contributed by atoms with van der Waals surface area (Å²) in [7, 11) is -3.21. The number of rotatable bonds is 4. The van der Waals surface area contributed by atoms with Crippen molar-refractivity contribution in [2.75, 3.05) is 16.3 Å². The fraction of sp³-hybridized carbons (Fsp3) is 0.571. The second-order valence-electron chi connectivity index (χ2n) is 5.57. The number of hydrogen-bond acceptors (Lipinski definition) is 3. The lowest BCUT2D eigenvalue weighted by molar-refractivity contribution is 0.358. The normalized spacial score (nSPS) is 23.9. The maximum absolute atomic E-state index is 11.2. The predicted octanol–water partition coefficient (Wildman–Crippen LogP) is 3.05. The van der Waals surface area contributed by atoms with E-state index in [1.807, 2.05) is 18.2 Å². The average Bonchev–Trinajstić information content (AvgIpc) is 2.27. The van der Waals surface area contributed by atoms with Crippen molar-refractivity contribution in [1.29, 1.82) is 0 Å². The highest BCUT2D eigenvalue weighted by Gasteiger charge is 2.18. The van der Waals surface area contributed by atoms with Crippen molar-refractivity contribution in [2.24, 2.45) is 5.92 Å². The quantitative estimate of drug-likeness (QED) is 0.892. The number of anilines is 2. The largest absolute Gasteiger partial charge is 0.382 e. The predicted molar refractivity (Wildman–Crippen MR) is 80.0 cm³/mol. The maximum Gasteiger partial charge on any atom is 0.229 e. The summed E-state index contributed by atoms with van der Waals surface area (Å²) in [4.78, 5) is 0. The molecule has 0 saturated heterocycles. The van der Waals surface area contributed by atoms with E-state index in [1.165, 1.54) is 25.7 Å². The van der Waals surface area contributed by atoms with E-state index in [0.29, 0.717) is 11.7 Å². The third-order valence-electron chi connectivity index (χ3n) is 3.47. The molecule has 2 atom stereocenters. The fourth-order valence-corrected chi connectivity index (χ4v) is 3.24. The Labute approximate surface area is 115 Å². The van der Waals surface area contributed by atoms with Crippen LogP contribution >= 0.6 is 0 Å². The Kier molecular flexibility index (Phi) is 4.34. The zero-order valence-corrected chi connectivity index (χ0v) is 12.3. The van der Waals surface area contributed by atoms with Gasteiger partial charge in [0.05, 0.1) is 11.9 Å². The molecule has 1 aromatic rings. The monoisotopic (exact) mass is 282 g/mol. The van der Waals surface area contributed by atoms with Gasteiger partial charge in [-0.25, -0.2) is 8.42 Å². The zero-order chi connectivity index (χ0) is 13.9. The minimum Gasteiger partial charge on any atom is -0.382 e. The summed E-state index contributed by atoms with van der Waals surface area (Å²) in [6.45, 7) is 2.29. The molecule has 0 heterocycles. The van der Waals surface area contributed by atoms with Crippen molar-refractivity contribution in [3.05, 3.63) is 24.3 Å². The van der Waals surface area contributed by atoms with Gasteiger partial charge in [0.2, 0.25) is 10.0 Å². The van der Waals surface area contributed by atoms with Crippen LogP contribution in [0.2, 0.25) is 0 Å². The molecule has 2 unspecified atom stereocenters. The molecule has 0 amide bonds. The third-order valence-corrected chi connectivity index (χ3v) is 4.08. The number of hydrogen-bond donors (Lipinski definition) is 2. The minimum absolute atomic E-state index is 0.497. The number of benzene rings is 1. The molecule has 1 fully saturated rings. The van der Waals surface area contributed by atoms with Gasteiger partial charge in [-0.2, -0.15) is 0 Å². The Morgan fingerprint density at radius 2 is 1.95 bits per heavy atom. The van der Waals surface area contributed by atoms with Gasteiger partial charge in [0.1, 0.15) is 0 Å². The summed E-state index contributed by atoms with van der Waals surface area (Å²) in [6.07, 6.45) is 6.11. The van der Waals surface area contributed by atoms with Crippen LogP contribution in [-0.2, 0) is 10.0 Å². The van der Waals surface area contributed by atoms with Gasteiger partial charge < -0.3 is 5.32 Å². The molecule has 5 heteroatoms. The van der Waals surface area contributed by atoms with Crippen LogP contribution in [0.1, 0.15) is 32.6 Å². The lowest BCUT2D eigenvalue weighted by Gasteiger charge is -2.28. The Morgan fingerprint density at radius 1 is 1.21 bits per heavy atom. The van der Waals surface area contributed by atoms with Crippen LogP contribution in [0.15, 0.2) is 24.3 Å². The zero-order valence-electron chi connectivity index (χ0n) is 11.5. The molecule has 19 heavy (non-hydrogen) atoms. The molecule has 1 aliphatic carbocycles. The lowest BCUT2D eigenvalue weighted by atomic mass is 9.87. The summed E-state index contributed by atoms with van der Waals surface area (Å²) in [5, 5.41) is 3.50. The molecule has 0 aliphatic heterocycles. The SMILES string of the molecule is CC1CCCC(Nc2cccc(NS(C)(=O)=O)c2)C1. The van der Waals surface area contributed by atoms with E-state index in [4.69, 9.17) is 0 Å². The molecule has 1 saturated carbocycles. The van der Waals surface area contributed by atoms with Gasteiger partial charge in [0, 0.05) is 11.7 Å². The van der Waals surface area contributed by atoms with E-state index in [1.54, 1.807) is 6.07 Å². The Balaban J connectivity index is 2.02. The number of sulfonamides is 1. The second-order valence-corrected chi connectivity index (χ2v) is 7.32. The molecule has 0 spiro atoms. The molecule has 4 nitrogen and oxygen atoms in total. The summed E-state index contributed by atoms with van der Waals surface area (Å²) in [5.74, 6) is 0.767. The molecule has 0 aromatic heterocycles. The van der Waals surface area contributed by atoms with Crippen molar-refractivity contribution in [2.45, 2.75) is 38.6 Å². The average molecular weight is 282 g/mol. The first kappa shape index (κ1) is 14.2. The minimum atomic E-state index is -3.21. The molecule has 2 N–H and O–H groups in total. The van der Waals surface area contributed by atoms with Crippen LogP contribution in [-0.4, -0.2) is 20.7 Å². The van der Waals surface area contributed by atoms with Gasteiger partial charge in [0.25, 0.3) is 0 Å². The molecule has 106 valence electrons. The standard InChI is InChI=1S/C14H22N2O2S/c1-11-5-3-6-12(9-11)15-13-7-4-8-14(10-13)16-19(2,17)18/h4,7-8,10-12,15-16H,3,5-6,9H2,1-2H3. The number of nitrogens with one attached hydrogen (secondary N) is 2. The van der Waals surface area contributed by atoms with Gasteiger partial charge in [0.15, 0.2) is 0 Å². The Hall–Kier alpha value is -1.23. The van der Waals surface area contributed by atoms with Gasteiger partial charge in [-0.15, -0.1) is 0 Å². The fourth-order valence-electron chi connectivity index (χ4n) is 2.69. The molecule has 0 bridgehead atoms. The van der Waals surface area contributed by atoms with Gasteiger partial charge in [-0.05, 0) is 37.0 Å². The van der Waals surface area contributed by atoms with E-state index < -0.39 is 10.0 Å². The third kappa shape index (κ3) is 4.74. The van der Waals surface area contributed by atoms with Crippen LogP contribution < -0.4 is 10.0 Å². The van der Waals surface area contributed by atoms with Crippen LogP contribution in [0.3, 0.4) is 0 Å². The van der Waals surface area contributed by atoms with Crippen molar-refractivity contribution in [3.8, 4) is 0 Å². The van der Waals surface area contributed by atoms with Crippen molar-refractivity contribution < 1.29 is 8.42 Å². The first-order valence-electron chi connectivity index (χ1n) is 6.77. The summed E-state index contributed by atoms with van der Waals surface area (Å²) < 4.78 is 24.9. The molecule has 1 aromatic carbocycles. The molecule has 1 aliphatic rings. The highest BCUT2D eigenvalue weighted by atomic mass is 32.2. The molecule has 0 radical (unpaired) electrons. The maximum atomic E-state index is 11.2. The van der Waals surface area contributed by atoms with Crippen LogP contribution in [0.4, 0.5) is 11.4 Å². The van der Waals surface area contributed by atoms with E-state index in [2.05, 4.69) is 17.0 Å². The first-order valence-corrected chi connectivity index (χ1v) is 8.66. The summed E-state index contributed by atoms with van der Waals surface area (Å²) >= 11 is 0. The van der Waals surface area contributed by atoms with E-state index in [0.717, 1.165) is 17.9 Å².